The fourth-order valence-electron chi connectivity index (χ4n) is 2.56. The average Bonchev–Trinajstić information content (AvgIpc) is 2.65. The third-order valence-electron chi connectivity index (χ3n) is 3.83. The average molecular weight is 386 g/mol. The van der Waals surface area contributed by atoms with Gasteiger partial charge in [0.25, 0.3) is 0 Å². The summed E-state index contributed by atoms with van der Waals surface area (Å²) >= 11 is 0. The van der Waals surface area contributed by atoms with Crippen LogP contribution in [0.25, 0.3) is 0 Å². The van der Waals surface area contributed by atoms with Crippen LogP contribution < -0.4 is 10.1 Å². The number of hydrogen-bond donors (Lipinski definition) is 1. The highest BCUT2D eigenvalue weighted by molar-refractivity contribution is 5.68. The van der Waals surface area contributed by atoms with Crippen molar-refractivity contribution in [3.63, 3.8) is 0 Å². The molecule has 0 saturated carbocycles. The zero-order chi connectivity index (χ0) is 20.2. The summed E-state index contributed by atoms with van der Waals surface area (Å²) in [4.78, 5) is 11.6. The van der Waals surface area contributed by atoms with Crippen LogP contribution in [-0.2, 0) is 22.5 Å². The number of carbonyl (C=O) groups excluding carboxylic acids is 1. The summed E-state index contributed by atoms with van der Waals surface area (Å²) in [5, 5.41) is 2.78. The molecular formula is C23H31NO4. The summed E-state index contributed by atoms with van der Waals surface area (Å²) in [6.07, 6.45) is 1.21. The third-order valence-corrected chi connectivity index (χ3v) is 3.83. The minimum absolute atomic E-state index is 0.284. The zero-order valence-corrected chi connectivity index (χ0v) is 17.1. The molecule has 0 bridgehead atoms. The van der Waals surface area contributed by atoms with Gasteiger partial charge in [-0.1, -0.05) is 42.5 Å². The first kappa shape index (κ1) is 21.8. The lowest BCUT2D eigenvalue weighted by Crippen LogP contribution is -2.41. The summed E-state index contributed by atoms with van der Waals surface area (Å²) in [5.41, 5.74) is 2.03. The van der Waals surface area contributed by atoms with Gasteiger partial charge in [-0.15, -0.1) is 0 Å². The molecule has 0 spiro atoms. The number of ether oxygens (including phenoxy) is 3. The largest absolute Gasteiger partial charge is 0.491 e. The SMILES string of the molecule is CC(C)(C)NC(=O)OCCCc1cccc(OCCOCc2ccccc2)c1. The molecule has 0 heterocycles. The van der Waals surface area contributed by atoms with Crippen molar-refractivity contribution in [2.24, 2.45) is 0 Å². The Bertz CT molecular complexity index is 710. The van der Waals surface area contributed by atoms with Crippen LogP contribution in [0.5, 0.6) is 5.75 Å². The molecule has 2 aromatic carbocycles. The van der Waals surface area contributed by atoms with Crippen molar-refractivity contribution in [1.82, 2.24) is 5.32 Å². The summed E-state index contributed by atoms with van der Waals surface area (Å²) in [7, 11) is 0. The molecule has 0 aliphatic carbocycles. The Morgan fingerprint density at radius 2 is 1.68 bits per heavy atom. The van der Waals surface area contributed by atoms with Crippen LogP contribution in [0.3, 0.4) is 0 Å². The quantitative estimate of drug-likeness (QED) is 0.600. The van der Waals surface area contributed by atoms with Gasteiger partial charge < -0.3 is 19.5 Å². The number of aryl methyl sites for hydroxylation is 1. The lowest BCUT2D eigenvalue weighted by molar-refractivity contribution is 0.0889. The molecule has 0 aliphatic heterocycles. The number of alkyl carbamates (subject to hydrolysis) is 1. The number of hydrogen-bond acceptors (Lipinski definition) is 4. The second-order valence-electron chi connectivity index (χ2n) is 7.65. The van der Waals surface area contributed by atoms with Gasteiger partial charge in [0.2, 0.25) is 0 Å². The molecule has 0 unspecified atom stereocenters. The first-order valence-corrected chi connectivity index (χ1v) is 9.71. The topological polar surface area (TPSA) is 56.8 Å². The predicted octanol–water partition coefficient (Wildman–Crippen LogP) is 4.74. The molecule has 0 radical (unpaired) electrons. The van der Waals surface area contributed by atoms with Gasteiger partial charge in [0.05, 0.1) is 19.8 Å². The molecule has 0 atom stereocenters. The van der Waals surface area contributed by atoms with Gasteiger partial charge in [0.1, 0.15) is 12.4 Å². The van der Waals surface area contributed by atoms with Crippen molar-refractivity contribution in [3.05, 3.63) is 65.7 Å². The second kappa shape index (κ2) is 11.3. The normalized spacial score (nSPS) is 11.1. The number of nitrogens with one attached hydrogen (secondary N) is 1. The molecule has 0 fully saturated rings. The zero-order valence-electron chi connectivity index (χ0n) is 17.1. The minimum atomic E-state index is -0.375. The Kier molecular flexibility index (Phi) is 8.82. The van der Waals surface area contributed by atoms with Gasteiger partial charge in [0, 0.05) is 5.54 Å². The molecular weight excluding hydrogens is 354 g/mol. The maximum absolute atomic E-state index is 11.6. The van der Waals surface area contributed by atoms with E-state index in [9.17, 15) is 4.79 Å². The summed E-state index contributed by atoms with van der Waals surface area (Å²) in [5.74, 6) is 0.826. The molecule has 1 amide bonds. The van der Waals surface area contributed by atoms with E-state index in [1.54, 1.807) is 0 Å². The molecule has 2 rings (SSSR count). The standard InChI is InChI=1S/C23H31NO4/c1-23(2,3)24-22(25)28-14-8-12-19-11-7-13-21(17-19)27-16-15-26-18-20-9-5-4-6-10-20/h4-7,9-11,13,17H,8,12,14-16,18H2,1-3H3,(H,24,25). The molecule has 2 aromatic rings. The van der Waals surface area contributed by atoms with E-state index < -0.39 is 0 Å². The Morgan fingerprint density at radius 3 is 2.43 bits per heavy atom. The molecule has 152 valence electrons. The Hall–Kier alpha value is -2.53. The lowest BCUT2D eigenvalue weighted by Gasteiger charge is -2.19. The van der Waals surface area contributed by atoms with Gasteiger partial charge >= 0.3 is 6.09 Å². The highest BCUT2D eigenvalue weighted by Crippen LogP contribution is 2.15. The van der Waals surface area contributed by atoms with E-state index >= 15 is 0 Å². The fraction of sp³-hybridized carbons (Fsp3) is 0.435. The molecule has 0 saturated heterocycles. The third kappa shape index (κ3) is 9.42. The van der Waals surface area contributed by atoms with Gasteiger partial charge in [0.15, 0.2) is 0 Å². The van der Waals surface area contributed by atoms with Gasteiger partial charge in [-0.05, 0) is 56.9 Å². The van der Waals surface area contributed by atoms with E-state index in [0.29, 0.717) is 26.4 Å². The van der Waals surface area contributed by atoms with Crippen LogP contribution in [0.1, 0.15) is 38.3 Å². The highest BCUT2D eigenvalue weighted by atomic mass is 16.5. The molecule has 0 aromatic heterocycles. The molecule has 5 nitrogen and oxygen atoms in total. The van der Waals surface area contributed by atoms with Gasteiger partial charge in [-0.2, -0.15) is 0 Å². The first-order valence-electron chi connectivity index (χ1n) is 9.71. The van der Waals surface area contributed by atoms with Crippen LogP contribution in [-0.4, -0.2) is 31.5 Å². The van der Waals surface area contributed by atoms with E-state index in [1.807, 2.05) is 75.4 Å². The van der Waals surface area contributed by atoms with E-state index in [-0.39, 0.29) is 11.6 Å². The number of rotatable bonds is 10. The Morgan fingerprint density at radius 1 is 0.929 bits per heavy atom. The predicted molar refractivity (Wildman–Crippen MR) is 111 cm³/mol. The summed E-state index contributed by atoms with van der Waals surface area (Å²) in [6.45, 7) is 7.79. The number of carbonyl (C=O) groups is 1. The first-order chi connectivity index (χ1) is 13.4. The monoisotopic (exact) mass is 385 g/mol. The maximum atomic E-state index is 11.6. The van der Waals surface area contributed by atoms with Crippen molar-refractivity contribution in [1.29, 1.82) is 0 Å². The summed E-state index contributed by atoms with van der Waals surface area (Å²) < 4.78 is 16.6. The molecule has 1 N–H and O–H groups in total. The van der Waals surface area contributed by atoms with Crippen molar-refractivity contribution >= 4 is 6.09 Å². The highest BCUT2D eigenvalue weighted by Gasteiger charge is 2.14. The second-order valence-corrected chi connectivity index (χ2v) is 7.65. The summed E-state index contributed by atoms with van der Waals surface area (Å²) in [6, 6.07) is 18.1. The van der Waals surface area contributed by atoms with Crippen molar-refractivity contribution in [3.8, 4) is 5.75 Å². The minimum Gasteiger partial charge on any atom is -0.491 e. The molecule has 0 aliphatic rings. The smallest absolute Gasteiger partial charge is 0.407 e. The van der Waals surface area contributed by atoms with E-state index in [0.717, 1.165) is 29.7 Å². The van der Waals surface area contributed by atoms with Crippen LogP contribution in [0.15, 0.2) is 54.6 Å². The number of benzene rings is 2. The van der Waals surface area contributed by atoms with E-state index in [2.05, 4.69) is 5.32 Å². The van der Waals surface area contributed by atoms with Crippen molar-refractivity contribution < 1.29 is 19.0 Å². The van der Waals surface area contributed by atoms with Crippen LogP contribution >= 0.6 is 0 Å². The van der Waals surface area contributed by atoms with Crippen LogP contribution in [0.2, 0.25) is 0 Å². The van der Waals surface area contributed by atoms with Crippen LogP contribution in [0, 0.1) is 0 Å². The van der Waals surface area contributed by atoms with E-state index in [1.165, 1.54) is 0 Å². The fourth-order valence-corrected chi connectivity index (χ4v) is 2.56. The van der Waals surface area contributed by atoms with Crippen LogP contribution in [0.4, 0.5) is 4.79 Å². The lowest BCUT2D eigenvalue weighted by atomic mass is 10.1. The van der Waals surface area contributed by atoms with Gasteiger partial charge in [-0.3, -0.25) is 0 Å². The Balaban J connectivity index is 1.61. The number of amides is 1. The molecule has 28 heavy (non-hydrogen) atoms. The maximum Gasteiger partial charge on any atom is 0.407 e. The Labute approximate surface area is 168 Å². The van der Waals surface area contributed by atoms with E-state index in [4.69, 9.17) is 14.2 Å². The molecule has 5 heteroatoms. The van der Waals surface area contributed by atoms with Crippen molar-refractivity contribution in [2.75, 3.05) is 19.8 Å². The van der Waals surface area contributed by atoms with Gasteiger partial charge in [-0.25, -0.2) is 4.79 Å². The van der Waals surface area contributed by atoms with Crippen molar-refractivity contribution in [2.45, 2.75) is 45.8 Å².